The lowest BCUT2D eigenvalue weighted by atomic mass is 10.2. The summed E-state index contributed by atoms with van der Waals surface area (Å²) in [6, 6.07) is 12.3. The molecule has 10 heteroatoms. The molecule has 0 unspecified atom stereocenters. The van der Waals surface area contributed by atoms with Crippen molar-refractivity contribution in [1.29, 1.82) is 0 Å². The number of aryl methyl sites for hydroxylation is 1. The molecule has 0 aliphatic carbocycles. The third kappa shape index (κ3) is 4.63. The van der Waals surface area contributed by atoms with Gasteiger partial charge in [-0.3, -0.25) is 4.79 Å². The smallest absolute Gasteiger partial charge is 0.334 e. The maximum absolute atomic E-state index is 12.8. The molecular weight excluding hydrogens is 391 g/mol. The van der Waals surface area contributed by atoms with E-state index in [0.717, 1.165) is 27.9 Å². The second-order valence-electron chi connectivity index (χ2n) is 5.98. The topological polar surface area (TPSA) is 85.8 Å². The number of halogens is 3. The highest BCUT2D eigenvalue weighted by atomic mass is 32.2. The van der Waals surface area contributed by atoms with Crippen molar-refractivity contribution in [3.05, 3.63) is 75.6 Å². The van der Waals surface area contributed by atoms with Gasteiger partial charge in [-0.2, -0.15) is 17.8 Å². The second-order valence-corrected chi connectivity index (χ2v) is 6.93. The van der Waals surface area contributed by atoms with E-state index in [0.29, 0.717) is 5.75 Å². The van der Waals surface area contributed by atoms with Crippen molar-refractivity contribution in [2.24, 2.45) is 0 Å². The minimum absolute atomic E-state index is 0.0567. The molecule has 0 fully saturated rings. The molecule has 0 saturated heterocycles. The molecule has 1 heterocycles. The molecule has 3 rings (SSSR count). The maximum Gasteiger partial charge on any atom is 0.416 e. The van der Waals surface area contributed by atoms with Crippen molar-refractivity contribution in [3.8, 4) is 0 Å². The summed E-state index contributed by atoms with van der Waals surface area (Å²) in [6.45, 7) is 1.98. The number of aromatic nitrogens is 3. The lowest BCUT2D eigenvalue weighted by Gasteiger charge is -2.11. The number of alkyl halides is 3. The van der Waals surface area contributed by atoms with Crippen LogP contribution in [0.1, 0.15) is 16.7 Å². The van der Waals surface area contributed by atoms with Crippen molar-refractivity contribution >= 4 is 23.3 Å². The summed E-state index contributed by atoms with van der Waals surface area (Å²) in [5.74, 6) is 6.06. The molecule has 3 N–H and O–H groups in total. The number of hydrogen-bond donors (Lipinski definition) is 2. The molecular formula is C18H16F3N5OS. The summed E-state index contributed by atoms with van der Waals surface area (Å²) in [5, 5.41) is 10.4. The Morgan fingerprint density at radius 1 is 1.14 bits per heavy atom. The Hall–Kier alpha value is -3.01. The number of nitrogen functional groups attached to an aromatic ring is 1. The minimum Gasteiger partial charge on any atom is -0.334 e. The highest BCUT2D eigenvalue weighted by Crippen LogP contribution is 2.31. The number of benzene rings is 2. The van der Waals surface area contributed by atoms with Crippen molar-refractivity contribution in [3.63, 3.8) is 0 Å². The molecule has 0 amide bonds. The molecule has 1 aromatic heterocycles. The Labute approximate surface area is 162 Å². The minimum atomic E-state index is -4.49. The lowest BCUT2D eigenvalue weighted by molar-refractivity contribution is -0.137. The lowest BCUT2D eigenvalue weighted by Crippen LogP contribution is -2.32. The van der Waals surface area contributed by atoms with Gasteiger partial charge in [0.15, 0.2) is 0 Å². The van der Waals surface area contributed by atoms with Gasteiger partial charge in [0.1, 0.15) is 0 Å². The van der Waals surface area contributed by atoms with E-state index in [1.54, 1.807) is 0 Å². The summed E-state index contributed by atoms with van der Waals surface area (Å²) in [6.07, 6.45) is -4.49. The summed E-state index contributed by atoms with van der Waals surface area (Å²) in [5.41, 5.74) is 0.675. The van der Waals surface area contributed by atoms with Crippen LogP contribution < -0.4 is 16.7 Å². The van der Waals surface area contributed by atoms with Crippen molar-refractivity contribution < 1.29 is 13.2 Å². The van der Waals surface area contributed by atoms with Crippen LogP contribution >= 0.6 is 11.8 Å². The molecule has 0 aliphatic rings. The van der Waals surface area contributed by atoms with Crippen LogP contribution in [0.15, 0.2) is 58.5 Å². The van der Waals surface area contributed by atoms with Gasteiger partial charge in [-0.1, -0.05) is 47.7 Å². The average molecular weight is 407 g/mol. The van der Waals surface area contributed by atoms with E-state index in [2.05, 4.69) is 15.5 Å². The fourth-order valence-corrected chi connectivity index (χ4v) is 3.11. The van der Waals surface area contributed by atoms with Crippen molar-refractivity contribution in [2.75, 3.05) is 11.2 Å². The van der Waals surface area contributed by atoms with Crippen LogP contribution in [0.4, 0.5) is 24.7 Å². The monoisotopic (exact) mass is 407 g/mol. The summed E-state index contributed by atoms with van der Waals surface area (Å²) in [4.78, 5) is 12.4. The third-order valence-electron chi connectivity index (χ3n) is 3.80. The predicted octanol–water partition coefficient (Wildman–Crippen LogP) is 3.72. The predicted molar refractivity (Wildman–Crippen MR) is 102 cm³/mol. The molecule has 0 spiro atoms. The number of anilines is 2. The fourth-order valence-electron chi connectivity index (χ4n) is 2.30. The highest BCUT2D eigenvalue weighted by molar-refractivity contribution is 7.98. The van der Waals surface area contributed by atoms with Gasteiger partial charge in [-0.05, 0) is 30.7 Å². The van der Waals surface area contributed by atoms with E-state index in [1.165, 1.54) is 23.9 Å². The molecule has 6 nitrogen and oxygen atoms in total. The SMILES string of the molecule is Cc1ccc(CSc2nnc(Nc3cccc(C(F)(F)F)c3)c(=O)n2N)cc1. The molecule has 0 aliphatic heterocycles. The molecule has 0 saturated carbocycles. The Bertz CT molecular complexity index is 1030. The van der Waals surface area contributed by atoms with Crippen LogP contribution in [0, 0.1) is 6.92 Å². The van der Waals surface area contributed by atoms with Gasteiger partial charge in [-0.15, -0.1) is 10.2 Å². The number of thioether (sulfide) groups is 1. The van der Waals surface area contributed by atoms with E-state index >= 15 is 0 Å². The average Bonchev–Trinajstić information content (AvgIpc) is 2.66. The Morgan fingerprint density at radius 3 is 2.54 bits per heavy atom. The number of nitrogens with one attached hydrogen (secondary N) is 1. The second kappa shape index (κ2) is 7.93. The van der Waals surface area contributed by atoms with E-state index < -0.39 is 17.3 Å². The first-order chi connectivity index (χ1) is 13.2. The Balaban J connectivity index is 1.77. The number of rotatable bonds is 5. The zero-order valence-electron chi connectivity index (χ0n) is 14.7. The maximum atomic E-state index is 12.8. The van der Waals surface area contributed by atoms with E-state index in [1.807, 2.05) is 31.2 Å². The van der Waals surface area contributed by atoms with E-state index in [4.69, 9.17) is 5.84 Å². The number of nitrogens with zero attached hydrogens (tertiary/aromatic N) is 3. The van der Waals surface area contributed by atoms with E-state index in [-0.39, 0.29) is 16.7 Å². The first-order valence-corrected chi connectivity index (χ1v) is 9.10. The standard InChI is InChI=1S/C18H16F3N5OS/c1-11-5-7-12(8-6-11)10-28-17-25-24-15(16(27)26(17)22)23-14-4-2-3-13(9-14)18(19,20)21/h2-9H,10,22H2,1H3,(H,23,24). The van der Waals surface area contributed by atoms with Crippen LogP contribution in [0.3, 0.4) is 0 Å². The van der Waals surface area contributed by atoms with Crippen LogP contribution in [0.25, 0.3) is 0 Å². The number of nitrogens with two attached hydrogens (primary N) is 1. The first-order valence-electron chi connectivity index (χ1n) is 8.11. The normalized spacial score (nSPS) is 11.4. The van der Waals surface area contributed by atoms with Gasteiger partial charge < -0.3 is 11.2 Å². The first kappa shape index (κ1) is 19.7. The van der Waals surface area contributed by atoms with Crippen LogP contribution in [-0.4, -0.2) is 14.9 Å². The zero-order valence-corrected chi connectivity index (χ0v) is 15.5. The molecule has 2 aromatic carbocycles. The Morgan fingerprint density at radius 2 is 1.86 bits per heavy atom. The molecule has 0 atom stereocenters. The summed E-state index contributed by atoms with van der Waals surface area (Å²) >= 11 is 1.23. The van der Waals surface area contributed by atoms with Crippen LogP contribution in [0.2, 0.25) is 0 Å². The fraction of sp³-hybridized carbons (Fsp3) is 0.167. The van der Waals surface area contributed by atoms with Gasteiger partial charge >= 0.3 is 11.7 Å². The van der Waals surface area contributed by atoms with Crippen molar-refractivity contribution in [1.82, 2.24) is 14.9 Å². The molecule has 0 bridgehead atoms. The van der Waals surface area contributed by atoms with Gasteiger partial charge in [0.2, 0.25) is 11.0 Å². The van der Waals surface area contributed by atoms with Crippen molar-refractivity contribution in [2.45, 2.75) is 24.0 Å². The number of hydrogen-bond acceptors (Lipinski definition) is 6. The molecule has 3 aromatic rings. The highest BCUT2D eigenvalue weighted by Gasteiger charge is 2.30. The molecule has 28 heavy (non-hydrogen) atoms. The van der Waals surface area contributed by atoms with Crippen LogP contribution in [0.5, 0.6) is 0 Å². The van der Waals surface area contributed by atoms with Gasteiger partial charge in [-0.25, -0.2) is 0 Å². The van der Waals surface area contributed by atoms with Gasteiger partial charge in [0.05, 0.1) is 5.56 Å². The summed E-state index contributed by atoms with van der Waals surface area (Å²) in [7, 11) is 0. The zero-order chi connectivity index (χ0) is 20.3. The van der Waals surface area contributed by atoms with E-state index in [9.17, 15) is 18.0 Å². The van der Waals surface area contributed by atoms with Crippen LogP contribution in [-0.2, 0) is 11.9 Å². The largest absolute Gasteiger partial charge is 0.416 e. The quantitative estimate of drug-likeness (QED) is 0.495. The third-order valence-corrected chi connectivity index (χ3v) is 4.82. The molecule has 0 radical (unpaired) electrons. The summed E-state index contributed by atoms with van der Waals surface area (Å²) < 4.78 is 39.2. The molecule has 146 valence electrons. The van der Waals surface area contributed by atoms with Gasteiger partial charge in [0, 0.05) is 11.4 Å². The Kier molecular flexibility index (Phi) is 5.59. The van der Waals surface area contributed by atoms with Gasteiger partial charge in [0.25, 0.3) is 0 Å².